The van der Waals surface area contributed by atoms with Crippen LogP contribution < -0.4 is 10.5 Å². The fourth-order valence-corrected chi connectivity index (χ4v) is 4.13. The average molecular weight is 400 g/mol. The number of ether oxygens (including phenoxy) is 1. The molecule has 1 aromatic rings. The molecule has 0 saturated carbocycles. The van der Waals surface area contributed by atoms with Crippen LogP contribution in [0.4, 0.5) is 0 Å². The standard InChI is InChI=1S/C22H29N3O2S/c1-17-6-3-2-4-15-28-22(24-17)27-20-10-8-18(9-11-20)12-14-25-13-5-7-19(16-25)21(23)26/h2-4,6,8-11,17,19H,5,7,12-16H2,1H3,(H2,23,26)/b4-2-,6-3-,24-22?. The summed E-state index contributed by atoms with van der Waals surface area (Å²) >= 11 is 1.60. The number of hydrogen-bond donors (Lipinski definition) is 1. The Kier molecular flexibility index (Phi) is 7.74. The van der Waals surface area contributed by atoms with Gasteiger partial charge in [0.25, 0.3) is 5.23 Å². The summed E-state index contributed by atoms with van der Waals surface area (Å²) in [4.78, 5) is 18.4. The molecule has 1 amide bonds. The lowest BCUT2D eigenvalue weighted by Crippen LogP contribution is -2.41. The number of allylic oxidation sites excluding steroid dienone is 2. The van der Waals surface area contributed by atoms with Crippen LogP contribution in [0.25, 0.3) is 0 Å². The zero-order valence-corrected chi connectivity index (χ0v) is 17.2. The maximum absolute atomic E-state index is 11.4. The Hall–Kier alpha value is -2.05. The molecular formula is C22H29N3O2S. The fraction of sp³-hybridized carbons (Fsp3) is 0.455. The first-order chi connectivity index (χ1) is 13.6. The van der Waals surface area contributed by atoms with Gasteiger partial charge in [-0.3, -0.25) is 4.79 Å². The molecule has 28 heavy (non-hydrogen) atoms. The van der Waals surface area contributed by atoms with Crippen LogP contribution in [0, 0.1) is 5.92 Å². The number of rotatable bonds is 5. The largest absolute Gasteiger partial charge is 0.434 e. The molecular weight excluding hydrogens is 370 g/mol. The van der Waals surface area contributed by atoms with Crippen LogP contribution in [0.15, 0.2) is 53.6 Å². The van der Waals surface area contributed by atoms with Crippen molar-refractivity contribution in [3.05, 3.63) is 54.1 Å². The second-order valence-corrected chi connectivity index (χ2v) is 8.27. The third kappa shape index (κ3) is 6.53. The molecule has 150 valence electrons. The van der Waals surface area contributed by atoms with Gasteiger partial charge in [-0.25, -0.2) is 4.99 Å². The van der Waals surface area contributed by atoms with Crippen molar-refractivity contribution < 1.29 is 9.53 Å². The van der Waals surface area contributed by atoms with Crippen molar-refractivity contribution in [2.45, 2.75) is 32.2 Å². The number of nitrogens with zero attached hydrogens (tertiary/aromatic N) is 2. The highest BCUT2D eigenvalue weighted by atomic mass is 32.2. The SMILES string of the molecule is CC1/C=C\C=C/CSC(Oc2ccc(CCN3CCCC(C(N)=O)C3)cc2)=N1. The molecule has 6 heteroatoms. The van der Waals surface area contributed by atoms with E-state index in [4.69, 9.17) is 10.5 Å². The maximum atomic E-state index is 11.4. The van der Waals surface area contributed by atoms with Gasteiger partial charge in [0.05, 0.1) is 12.0 Å². The van der Waals surface area contributed by atoms with Gasteiger partial charge in [0.2, 0.25) is 5.91 Å². The summed E-state index contributed by atoms with van der Waals surface area (Å²) in [6.45, 7) is 4.83. The number of nitrogens with two attached hydrogens (primary N) is 1. The van der Waals surface area contributed by atoms with Crippen LogP contribution in [-0.4, -0.2) is 47.5 Å². The topological polar surface area (TPSA) is 67.9 Å². The number of carbonyl (C=O) groups is 1. The summed E-state index contributed by atoms with van der Waals surface area (Å²) in [7, 11) is 0. The lowest BCUT2D eigenvalue weighted by atomic mass is 9.97. The van der Waals surface area contributed by atoms with E-state index in [1.807, 2.05) is 31.2 Å². The van der Waals surface area contributed by atoms with Gasteiger partial charge in [-0.05, 0) is 50.4 Å². The van der Waals surface area contributed by atoms with Gasteiger partial charge in [0.15, 0.2) is 0 Å². The number of piperidine rings is 1. The lowest BCUT2D eigenvalue weighted by Gasteiger charge is -2.31. The normalized spacial score (nSPS) is 25.7. The van der Waals surface area contributed by atoms with Gasteiger partial charge in [0, 0.05) is 18.8 Å². The Morgan fingerprint density at radius 2 is 2.14 bits per heavy atom. The van der Waals surface area contributed by atoms with Gasteiger partial charge in [-0.15, -0.1) is 0 Å². The summed E-state index contributed by atoms with van der Waals surface area (Å²) < 4.78 is 5.99. The third-order valence-electron chi connectivity index (χ3n) is 5.00. The lowest BCUT2D eigenvalue weighted by molar-refractivity contribution is -0.123. The second-order valence-electron chi connectivity index (χ2n) is 7.30. The Bertz CT molecular complexity index is 743. The zero-order chi connectivity index (χ0) is 19.8. The van der Waals surface area contributed by atoms with Crippen molar-refractivity contribution in [3.8, 4) is 5.75 Å². The molecule has 1 saturated heterocycles. The maximum Gasteiger partial charge on any atom is 0.252 e. The van der Waals surface area contributed by atoms with Crippen molar-refractivity contribution in [2.75, 3.05) is 25.4 Å². The van der Waals surface area contributed by atoms with E-state index < -0.39 is 0 Å². The number of thioether (sulfide) groups is 1. The van der Waals surface area contributed by atoms with E-state index in [9.17, 15) is 4.79 Å². The molecule has 2 unspecified atom stereocenters. The molecule has 1 aromatic carbocycles. The predicted octanol–water partition coefficient (Wildman–Crippen LogP) is 3.41. The molecule has 2 atom stereocenters. The number of benzene rings is 1. The van der Waals surface area contributed by atoms with E-state index in [1.165, 1.54) is 5.56 Å². The number of likely N-dealkylation sites (tertiary alicyclic amines) is 1. The van der Waals surface area contributed by atoms with E-state index >= 15 is 0 Å². The van der Waals surface area contributed by atoms with E-state index in [2.05, 4.69) is 34.2 Å². The van der Waals surface area contributed by atoms with E-state index in [0.717, 1.165) is 50.4 Å². The van der Waals surface area contributed by atoms with Crippen molar-refractivity contribution in [3.63, 3.8) is 0 Å². The molecule has 2 aliphatic rings. The molecule has 0 radical (unpaired) electrons. The number of aliphatic imine (C=N–C) groups is 1. The summed E-state index contributed by atoms with van der Waals surface area (Å²) in [5.74, 6) is 1.48. The first kappa shape index (κ1) is 20.7. The Morgan fingerprint density at radius 3 is 2.93 bits per heavy atom. The summed E-state index contributed by atoms with van der Waals surface area (Å²) in [5.41, 5.74) is 6.73. The van der Waals surface area contributed by atoms with Gasteiger partial charge < -0.3 is 15.4 Å². The van der Waals surface area contributed by atoms with Crippen LogP contribution in [-0.2, 0) is 11.2 Å². The summed E-state index contributed by atoms with van der Waals surface area (Å²) in [6.07, 6.45) is 11.1. The number of carbonyl (C=O) groups excluding carboxylic acids is 1. The third-order valence-corrected chi connectivity index (χ3v) is 5.80. The van der Waals surface area contributed by atoms with Crippen LogP contribution in [0.3, 0.4) is 0 Å². The zero-order valence-electron chi connectivity index (χ0n) is 16.4. The van der Waals surface area contributed by atoms with E-state index in [-0.39, 0.29) is 17.9 Å². The van der Waals surface area contributed by atoms with Crippen LogP contribution in [0.1, 0.15) is 25.3 Å². The number of amides is 1. The fourth-order valence-electron chi connectivity index (χ4n) is 3.38. The van der Waals surface area contributed by atoms with E-state index in [1.54, 1.807) is 11.8 Å². The minimum atomic E-state index is -0.169. The molecule has 1 fully saturated rings. The molecule has 0 spiro atoms. The van der Waals surface area contributed by atoms with Crippen molar-refractivity contribution in [1.29, 1.82) is 0 Å². The first-order valence-corrected chi connectivity index (χ1v) is 10.9. The second kappa shape index (κ2) is 10.5. The first-order valence-electron chi connectivity index (χ1n) is 9.92. The van der Waals surface area contributed by atoms with Gasteiger partial charge in [-0.1, -0.05) is 48.2 Å². The van der Waals surface area contributed by atoms with Gasteiger partial charge in [0.1, 0.15) is 5.75 Å². The smallest absolute Gasteiger partial charge is 0.252 e. The van der Waals surface area contributed by atoms with E-state index in [0.29, 0.717) is 5.23 Å². The Labute approximate surface area is 171 Å². The minimum absolute atomic E-state index is 0.00265. The highest BCUT2D eigenvalue weighted by Crippen LogP contribution is 2.20. The monoisotopic (exact) mass is 399 g/mol. The highest BCUT2D eigenvalue weighted by Gasteiger charge is 2.23. The van der Waals surface area contributed by atoms with Crippen molar-refractivity contribution in [1.82, 2.24) is 4.90 Å². The minimum Gasteiger partial charge on any atom is -0.434 e. The quantitative estimate of drug-likeness (QED) is 0.824. The molecule has 3 rings (SSSR count). The predicted molar refractivity (Wildman–Crippen MR) is 117 cm³/mol. The Balaban J connectivity index is 1.52. The van der Waals surface area contributed by atoms with Gasteiger partial charge >= 0.3 is 0 Å². The Morgan fingerprint density at radius 1 is 1.32 bits per heavy atom. The van der Waals surface area contributed by atoms with Crippen molar-refractivity contribution >= 4 is 22.9 Å². The molecule has 5 nitrogen and oxygen atoms in total. The van der Waals surface area contributed by atoms with Crippen LogP contribution >= 0.6 is 11.8 Å². The molecule has 2 heterocycles. The molecule has 2 N–H and O–H groups in total. The summed E-state index contributed by atoms with van der Waals surface area (Å²) in [5, 5.41) is 0.697. The molecule has 2 aliphatic heterocycles. The van der Waals surface area contributed by atoms with Gasteiger partial charge in [-0.2, -0.15) is 0 Å². The molecule has 0 aliphatic carbocycles. The average Bonchev–Trinajstić information content (AvgIpc) is 2.79. The summed E-state index contributed by atoms with van der Waals surface area (Å²) in [6, 6.07) is 8.31. The molecule has 0 aromatic heterocycles. The molecule has 0 bridgehead atoms. The van der Waals surface area contributed by atoms with Crippen LogP contribution in [0.2, 0.25) is 0 Å². The number of primary amides is 1. The number of hydrogen-bond acceptors (Lipinski definition) is 5. The van der Waals surface area contributed by atoms with Crippen LogP contribution in [0.5, 0.6) is 5.75 Å². The highest BCUT2D eigenvalue weighted by molar-refractivity contribution is 8.13. The van der Waals surface area contributed by atoms with Crippen molar-refractivity contribution in [2.24, 2.45) is 16.6 Å².